The number of nitrogens with two attached hydrogens (primary N) is 1. The van der Waals surface area contributed by atoms with Gasteiger partial charge in [0.1, 0.15) is 0 Å². The van der Waals surface area contributed by atoms with Crippen molar-refractivity contribution in [3.8, 4) is 11.1 Å². The van der Waals surface area contributed by atoms with Crippen LogP contribution in [0, 0.1) is 0 Å². The molecule has 3 heterocycles. The molecule has 0 saturated carbocycles. The number of hydrogen-bond donors (Lipinski definition) is 1. The highest BCUT2D eigenvalue weighted by molar-refractivity contribution is 6.09. The molecule has 0 bridgehead atoms. The molecule has 2 amide bonds. The molecular formula is C25H24N4O3. The van der Waals surface area contributed by atoms with Gasteiger partial charge in [-0.05, 0) is 53.3 Å². The van der Waals surface area contributed by atoms with Gasteiger partial charge in [-0.1, -0.05) is 30.3 Å². The van der Waals surface area contributed by atoms with Gasteiger partial charge in [0.25, 0.3) is 5.91 Å². The fourth-order valence-corrected chi connectivity index (χ4v) is 4.69. The molecule has 3 aromatic rings. The predicted molar refractivity (Wildman–Crippen MR) is 122 cm³/mol. The van der Waals surface area contributed by atoms with Gasteiger partial charge in [0.15, 0.2) is 11.5 Å². The van der Waals surface area contributed by atoms with Crippen LogP contribution in [0.25, 0.3) is 11.1 Å². The molecule has 0 fully saturated rings. The van der Waals surface area contributed by atoms with Crippen molar-refractivity contribution in [2.45, 2.75) is 25.3 Å². The summed E-state index contributed by atoms with van der Waals surface area (Å²) < 4.78 is 5.24. The van der Waals surface area contributed by atoms with Gasteiger partial charge < -0.3 is 15.1 Å². The van der Waals surface area contributed by atoms with E-state index in [1.165, 1.54) is 4.90 Å². The molecule has 7 nitrogen and oxygen atoms in total. The van der Waals surface area contributed by atoms with Gasteiger partial charge in [0.2, 0.25) is 5.91 Å². The second-order valence-corrected chi connectivity index (χ2v) is 8.26. The highest BCUT2D eigenvalue weighted by Crippen LogP contribution is 2.42. The Bertz CT molecular complexity index is 1250. The summed E-state index contributed by atoms with van der Waals surface area (Å²) in [6, 6.07) is 15.4. The zero-order valence-electron chi connectivity index (χ0n) is 18.0. The molecule has 2 aliphatic heterocycles. The lowest BCUT2D eigenvalue weighted by Gasteiger charge is -2.31. The van der Waals surface area contributed by atoms with Crippen LogP contribution in [0.15, 0.2) is 70.5 Å². The number of hydrogen-bond acceptors (Lipinski definition) is 5. The van der Waals surface area contributed by atoms with Crippen LogP contribution >= 0.6 is 0 Å². The van der Waals surface area contributed by atoms with Gasteiger partial charge in [-0.15, -0.1) is 0 Å². The first-order chi connectivity index (χ1) is 15.4. The van der Waals surface area contributed by atoms with Gasteiger partial charge in [-0.2, -0.15) is 0 Å². The van der Waals surface area contributed by atoms with Crippen molar-refractivity contribution < 1.29 is 14.0 Å². The van der Waals surface area contributed by atoms with Crippen LogP contribution in [-0.4, -0.2) is 36.3 Å². The third-order valence-electron chi connectivity index (χ3n) is 6.37. The summed E-state index contributed by atoms with van der Waals surface area (Å²) in [7, 11) is 1.64. The monoisotopic (exact) mass is 428 g/mol. The molecule has 1 atom stereocenters. The van der Waals surface area contributed by atoms with Crippen molar-refractivity contribution in [2.75, 3.05) is 18.5 Å². The molecule has 2 N–H and O–H groups in total. The smallest absolute Gasteiger partial charge is 0.266 e. The van der Waals surface area contributed by atoms with E-state index in [-0.39, 0.29) is 17.8 Å². The van der Waals surface area contributed by atoms with E-state index < -0.39 is 5.54 Å². The first-order valence-electron chi connectivity index (χ1n) is 10.6. The second-order valence-electron chi connectivity index (χ2n) is 8.26. The molecule has 2 aliphatic rings. The Balaban J connectivity index is 1.70. The number of aryl methyl sites for hydroxylation is 1. The highest BCUT2D eigenvalue weighted by Gasteiger charge is 2.50. The fourth-order valence-electron chi connectivity index (χ4n) is 4.69. The maximum Gasteiger partial charge on any atom is 0.266 e. The van der Waals surface area contributed by atoms with Gasteiger partial charge in [0.05, 0.1) is 12.5 Å². The number of rotatable bonds is 3. The molecule has 1 unspecified atom stereocenters. The summed E-state index contributed by atoms with van der Waals surface area (Å²) >= 11 is 0. The fraction of sp³-hybridized carbons (Fsp3) is 0.240. The third kappa shape index (κ3) is 2.92. The van der Waals surface area contributed by atoms with Gasteiger partial charge in [-0.25, -0.2) is 4.99 Å². The minimum absolute atomic E-state index is 0.0140. The number of carbonyl (C=O) groups is 2. The molecule has 0 spiro atoms. The van der Waals surface area contributed by atoms with Gasteiger partial charge in [-0.3, -0.25) is 14.5 Å². The zero-order chi connectivity index (χ0) is 22.5. The molecule has 2 aromatic carbocycles. The topological polar surface area (TPSA) is 92.1 Å². The molecule has 7 heteroatoms. The quantitative estimate of drug-likeness (QED) is 0.693. The maximum atomic E-state index is 13.6. The van der Waals surface area contributed by atoms with E-state index >= 15 is 0 Å². The molecule has 32 heavy (non-hydrogen) atoms. The van der Waals surface area contributed by atoms with Crippen LogP contribution in [0.2, 0.25) is 0 Å². The molecule has 5 rings (SSSR count). The largest absolute Gasteiger partial charge is 0.472 e. The maximum absolute atomic E-state index is 13.6. The Morgan fingerprint density at radius 3 is 2.62 bits per heavy atom. The first kappa shape index (κ1) is 20.1. The van der Waals surface area contributed by atoms with E-state index in [9.17, 15) is 9.59 Å². The summed E-state index contributed by atoms with van der Waals surface area (Å²) in [5.41, 5.74) is 10.1. The molecule has 162 valence electrons. The minimum atomic E-state index is -1.29. The number of guanidine groups is 1. The van der Waals surface area contributed by atoms with Gasteiger partial charge >= 0.3 is 0 Å². The minimum Gasteiger partial charge on any atom is -0.472 e. The standard InChI is InChI=1S/C25H24N4O3/c1-16(30)29-11-4-6-18-14-21(8-9-22(18)29)25(23(31)28(2)24(26)27-25)20-7-3-5-17(13-20)19-10-12-32-15-19/h3,5,7-10,12-15H,4,6,11H2,1-2H3,(H2,26,27). The average molecular weight is 428 g/mol. The summed E-state index contributed by atoms with van der Waals surface area (Å²) in [6.45, 7) is 2.28. The van der Waals surface area contributed by atoms with Crippen molar-refractivity contribution in [3.05, 3.63) is 77.7 Å². The van der Waals surface area contributed by atoms with E-state index in [0.717, 1.165) is 46.3 Å². The predicted octanol–water partition coefficient (Wildman–Crippen LogP) is 3.28. The lowest BCUT2D eigenvalue weighted by atomic mass is 9.80. The van der Waals surface area contributed by atoms with Crippen LogP contribution in [0.5, 0.6) is 0 Å². The molecule has 0 radical (unpaired) electrons. The van der Waals surface area contributed by atoms with Crippen LogP contribution < -0.4 is 10.6 Å². The van der Waals surface area contributed by atoms with Crippen LogP contribution in [0.1, 0.15) is 30.0 Å². The number of likely N-dealkylation sites (N-methyl/N-ethyl adjacent to an activating group) is 1. The zero-order valence-corrected chi connectivity index (χ0v) is 18.0. The number of amides is 2. The average Bonchev–Trinajstić information content (AvgIpc) is 3.42. The van der Waals surface area contributed by atoms with Crippen LogP contribution in [0.3, 0.4) is 0 Å². The number of anilines is 1. The van der Waals surface area contributed by atoms with Crippen molar-refractivity contribution in [2.24, 2.45) is 10.7 Å². The molecule has 1 aromatic heterocycles. The number of fused-ring (bicyclic) bond motifs is 1. The molecule has 0 aliphatic carbocycles. The van der Waals surface area contributed by atoms with Gasteiger partial charge in [0, 0.05) is 31.8 Å². The lowest BCUT2D eigenvalue weighted by molar-refractivity contribution is -0.129. The summed E-state index contributed by atoms with van der Waals surface area (Å²) in [5.74, 6) is -0.0227. The number of aliphatic imine (C=N–C) groups is 1. The molecular weight excluding hydrogens is 404 g/mol. The first-order valence-corrected chi connectivity index (χ1v) is 10.6. The van der Waals surface area contributed by atoms with Crippen LogP contribution in [-0.2, 0) is 21.5 Å². The number of carbonyl (C=O) groups excluding carboxylic acids is 2. The Labute approximate surface area is 186 Å². The summed E-state index contributed by atoms with van der Waals surface area (Å²) in [5, 5.41) is 0. The van der Waals surface area contributed by atoms with Crippen molar-refractivity contribution in [3.63, 3.8) is 0 Å². The second kappa shape index (κ2) is 7.37. The SMILES string of the molecule is CC(=O)N1CCCc2cc(C3(c4cccc(-c5ccoc5)c4)N=C(N)N(C)C3=O)ccc21. The Morgan fingerprint density at radius 2 is 1.94 bits per heavy atom. The van der Waals surface area contributed by atoms with Crippen LogP contribution in [0.4, 0.5) is 5.69 Å². The summed E-state index contributed by atoms with van der Waals surface area (Å²) in [4.78, 5) is 33.6. The third-order valence-corrected chi connectivity index (χ3v) is 6.37. The van der Waals surface area contributed by atoms with E-state index in [1.54, 1.807) is 31.4 Å². The number of benzene rings is 2. The number of furan rings is 1. The van der Waals surface area contributed by atoms with E-state index in [2.05, 4.69) is 0 Å². The Morgan fingerprint density at radius 1 is 1.12 bits per heavy atom. The van der Waals surface area contributed by atoms with Crippen molar-refractivity contribution in [1.82, 2.24) is 4.90 Å². The normalized spacial score (nSPS) is 20.3. The Hall–Kier alpha value is -3.87. The van der Waals surface area contributed by atoms with E-state index in [0.29, 0.717) is 6.54 Å². The van der Waals surface area contributed by atoms with E-state index in [1.807, 2.05) is 48.5 Å². The van der Waals surface area contributed by atoms with E-state index in [4.69, 9.17) is 15.1 Å². The van der Waals surface area contributed by atoms with Crippen molar-refractivity contribution in [1.29, 1.82) is 0 Å². The highest BCUT2D eigenvalue weighted by atomic mass is 16.3. The summed E-state index contributed by atoms with van der Waals surface area (Å²) in [6.07, 6.45) is 4.99. The van der Waals surface area contributed by atoms with Crippen molar-refractivity contribution >= 4 is 23.5 Å². The lowest BCUT2D eigenvalue weighted by Crippen LogP contribution is -2.41. The number of nitrogens with zero attached hydrogens (tertiary/aromatic N) is 3. The Kier molecular flexibility index (Phi) is 4.62. The molecule has 0 saturated heterocycles.